The van der Waals surface area contributed by atoms with Crippen LogP contribution in [-0.4, -0.2) is 19.3 Å². The first-order valence-corrected chi connectivity index (χ1v) is 9.03. The van der Waals surface area contributed by atoms with Crippen LogP contribution in [0.1, 0.15) is 5.82 Å². The van der Waals surface area contributed by atoms with Crippen molar-refractivity contribution in [2.75, 3.05) is 0 Å². The molecule has 0 saturated carbocycles. The number of hydrogen-bond acceptors (Lipinski definition) is 4. The largest absolute Gasteiger partial charge is 0.334 e. The highest BCUT2D eigenvalue weighted by atomic mass is 16.5. The molecule has 2 aromatic carbocycles. The Hall–Kier alpha value is -3.67. The smallest absolute Gasteiger partial charge is 0.259 e. The molecule has 6 heteroatoms. The van der Waals surface area contributed by atoms with Crippen LogP contribution < -0.4 is 5.56 Å². The minimum absolute atomic E-state index is 0.0163. The Labute approximate surface area is 160 Å². The van der Waals surface area contributed by atoms with E-state index in [4.69, 9.17) is 4.52 Å². The van der Waals surface area contributed by atoms with Gasteiger partial charge in [-0.2, -0.15) is 4.98 Å². The first-order chi connectivity index (χ1) is 13.5. The second-order valence-corrected chi connectivity index (χ2v) is 6.96. The SMILES string of the molecule is Cc1noc(-c2ccc3c(c2)c2cc(-c4ccccc4)c(=O)n(C)c2n3C)n1. The molecule has 0 bridgehead atoms. The van der Waals surface area contributed by atoms with Crippen molar-refractivity contribution in [3.05, 3.63) is 70.8 Å². The van der Waals surface area contributed by atoms with E-state index in [2.05, 4.69) is 10.1 Å². The minimum Gasteiger partial charge on any atom is -0.334 e. The molecule has 28 heavy (non-hydrogen) atoms. The fourth-order valence-electron chi connectivity index (χ4n) is 3.86. The third-order valence-corrected chi connectivity index (χ3v) is 5.21. The number of aryl methyl sites for hydroxylation is 3. The summed E-state index contributed by atoms with van der Waals surface area (Å²) in [6.07, 6.45) is 0. The van der Waals surface area contributed by atoms with Crippen LogP contribution >= 0.6 is 0 Å². The van der Waals surface area contributed by atoms with Crippen LogP contribution in [0, 0.1) is 6.92 Å². The van der Waals surface area contributed by atoms with E-state index in [-0.39, 0.29) is 5.56 Å². The zero-order chi connectivity index (χ0) is 19.4. The standard InChI is InChI=1S/C22H18N4O2/c1-13-23-20(28-24-13)15-9-10-19-17(11-15)18-12-16(14-7-5-4-6-8-14)22(27)26(3)21(18)25(19)2/h4-12H,1-3H3. The lowest BCUT2D eigenvalue weighted by Crippen LogP contribution is -2.20. The van der Waals surface area contributed by atoms with E-state index in [1.165, 1.54) is 0 Å². The lowest BCUT2D eigenvalue weighted by atomic mass is 10.0. The molecule has 0 aliphatic rings. The number of rotatable bonds is 2. The topological polar surface area (TPSA) is 65.8 Å². The summed E-state index contributed by atoms with van der Waals surface area (Å²) in [5, 5.41) is 5.93. The van der Waals surface area contributed by atoms with Crippen LogP contribution in [-0.2, 0) is 14.1 Å². The van der Waals surface area contributed by atoms with E-state index in [1.54, 1.807) is 11.5 Å². The summed E-state index contributed by atoms with van der Waals surface area (Å²) in [5.41, 5.74) is 4.34. The van der Waals surface area contributed by atoms with Gasteiger partial charge in [0.25, 0.3) is 11.4 Å². The van der Waals surface area contributed by atoms with Crippen molar-refractivity contribution in [1.82, 2.24) is 19.3 Å². The molecule has 6 nitrogen and oxygen atoms in total. The normalized spacial score (nSPS) is 11.5. The Morgan fingerprint density at radius 1 is 0.893 bits per heavy atom. The van der Waals surface area contributed by atoms with Crippen LogP contribution in [0.2, 0.25) is 0 Å². The molecule has 0 amide bonds. The van der Waals surface area contributed by atoms with Gasteiger partial charge in [-0.1, -0.05) is 35.5 Å². The summed E-state index contributed by atoms with van der Waals surface area (Å²) < 4.78 is 9.09. The molecule has 0 aliphatic carbocycles. The molecule has 0 unspecified atom stereocenters. The molecular weight excluding hydrogens is 352 g/mol. The molecule has 5 aromatic rings. The second kappa shape index (κ2) is 5.92. The third kappa shape index (κ3) is 2.31. The van der Waals surface area contributed by atoms with Gasteiger partial charge in [0.2, 0.25) is 0 Å². The predicted octanol–water partition coefficient (Wildman–Crippen LogP) is 4.06. The molecule has 3 heterocycles. The number of nitrogens with zero attached hydrogens (tertiary/aromatic N) is 4. The Morgan fingerprint density at radius 3 is 2.39 bits per heavy atom. The number of pyridine rings is 1. The predicted molar refractivity (Wildman–Crippen MR) is 109 cm³/mol. The lowest BCUT2D eigenvalue weighted by molar-refractivity contribution is 0.425. The Bertz CT molecular complexity index is 1410. The van der Waals surface area contributed by atoms with Gasteiger partial charge in [-0.15, -0.1) is 0 Å². The van der Waals surface area contributed by atoms with Crippen LogP contribution in [0.3, 0.4) is 0 Å². The average molecular weight is 370 g/mol. The second-order valence-electron chi connectivity index (χ2n) is 6.96. The summed E-state index contributed by atoms with van der Waals surface area (Å²) in [6.45, 7) is 1.80. The van der Waals surface area contributed by atoms with Crippen LogP contribution in [0.15, 0.2) is 63.9 Å². The molecular formula is C22H18N4O2. The first-order valence-electron chi connectivity index (χ1n) is 9.03. The monoisotopic (exact) mass is 370 g/mol. The minimum atomic E-state index is -0.0163. The van der Waals surface area contributed by atoms with Crippen molar-refractivity contribution in [2.24, 2.45) is 14.1 Å². The molecule has 0 atom stereocenters. The Balaban J connectivity index is 1.86. The van der Waals surface area contributed by atoms with Crippen molar-refractivity contribution in [3.8, 4) is 22.6 Å². The van der Waals surface area contributed by atoms with Gasteiger partial charge in [-0.3, -0.25) is 9.36 Å². The van der Waals surface area contributed by atoms with Gasteiger partial charge in [0.05, 0.1) is 5.52 Å². The zero-order valence-electron chi connectivity index (χ0n) is 15.8. The lowest BCUT2D eigenvalue weighted by Gasteiger charge is -2.08. The maximum atomic E-state index is 13.0. The van der Waals surface area contributed by atoms with E-state index in [1.807, 2.05) is 73.3 Å². The molecule has 3 aromatic heterocycles. The number of benzene rings is 2. The van der Waals surface area contributed by atoms with Gasteiger partial charge in [-0.05, 0) is 36.8 Å². The fraction of sp³-hybridized carbons (Fsp3) is 0.136. The van der Waals surface area contributed by atoms with E-state index in [0.29, 0.717) is 17.3 Å². The van der Waals surface area contributed by atoms with Gasteiger partial charge in [0.1, 0.15) is 5.65 Å². The summed E-state index contributed by atoms with van der Waals surface area (Å²) in [6, 6.07) is 17.8. The fourth-order valence-corrected chi connectivity index (χ4v) is 3.86. The molecule has 138 valence electrons. The van der Waals surface area contributed by atoms with Crippen molar-refractivity contribution >= 4 is 21.9 Å². The molecule has 0 spiro atoms. The van der Waals surface area contributed by atoms with Gasteiger partial charge in [-0.25, -0.2) is 0 Å². The molecule has 0 fully saturated rings. The van der Waals surface area contributed by atoms with Crippen LogP contribution in [0.4, 0.5) is 0 Å². The van der Waals surface area contributed by atoms with Crippen molar-refractivity contribution < 1.29 is 4.52 Å². The Kier molecular flexibility index (Phi) is 3.49. The molecule has 0 saturated heterocycles. The van der Waals surface area contributed by atoms with E-state index in [9.17, 15) is 4.79 Å². The Morgan fingerprint density at radius 2 is 1.68 bits per heavy atom. The summed E-state index contributed by atoms with van der Waals surface area (Å²) in [7, 11) is 3.79. The van der Waals surface area contributed by atoms with Gasteiger partial charge < -0.3 is 9.09 Å². The van der Waals surface area contributed by atoms with Gasteiger partial charge >= 0.3 is 0 Å². The van der Waals surface area contributed by atoms with E-state index in [0.717, 1.165) is 33.1 Å². The third-order valence-electron chi connectivity index (χ3n) is 5.21. The van der Waals surface area contributed by atoms with Gasteiger partial charge in [0, 0.05) is 36.0 Å². The molecule has 0 radical (unpaired) electrons. The van der Waals surface area contributed by atoms with Crippen molar-refractivity contribution in [2.45, 2.75) is 6.92 Å². The first kappa shape index (κ1) is 16.5. The quantitative estimate of drug-likeness (QED) is 0.470. The van der Waals surface area contributed by atoms with E-state index < -0.39 is 0 Å². The van der Waals surface area contributed by atoms with Crippen molar-refractivity contribution in [1.29, 1.82) is 0 Å². The average Bonchev–Trinajstić information content (AvgIpc) is 3.27. The van der Waals surface area contributed by atoms with E-state index >= 15 is 0 Å². The molecule has 0 aliphatic heterocycles. The maximum absolute atomic E-state index is 13.0. The highest BCUT2D eigenvalue weighted by molar-refractivity contribution is 6.09. The number of hydrogen-bond donors (Lipinski definition) is 0. The zero-order valence-corrected chi connectivity index (χ0v) is 15.8. The highest BCUT2D eigenvalue weighted by Crippen LogP contribution is 2.32. The maximum Gasteiger partial charge on any atom is 0.259 e. The number of fused-ring (bicyclic) bond motifs is 3. The van der Waals surface area contributed by atoms with Gasteiger partial charge in [0.15, 0.2) is 5.82 Å². The highest BCUT2D eigenvalue weighted by Gasteiger charge is 2.17. The van der Waals surface area contributed by atoms with Crippen molar-refractivity contribution in [3.63, 3.8) is 0 Å². The summed E-state index contributed by atoms with van der Waals surface area (Å²) >= 11 is 0. The number of aromatic nitrogens is 4. The van der Waals surface area contributed by atoms with Crippen LogP contribution in [0.25, 0.3) is 44.5 Å². The van der Waals surface area contributed by atoms with Crippen LogP contribution in [0.5, 0.6) is 0 Å². The molecule has 5 rings (SSSR count). The summed E-state index contributed by atoms with van der Waals surface area (Å²) in [5.74, 6) is 1.09. The summed E-state index contributed by atoms with van der Waals surface area (Å²) in [4.78, 5) is 17.4. The molecule has 0 N–H and O–H groups in total.